The molecular formula is C8H17NO2. The van der Waals surface area contributed by atoms with Crippen LogP contribution in [0.3, 0.4) is 0 Å². The quantitative estimate of drug-likeness (QED) is 0.651. The number of aliphatic carboxylic acids is 1. The van der Waals surface area contributed by atoms with E-state index in [1.54, 1.807) is 0 Å². The fourth-order valence-electron chi connectivity index (χ4n) is 0.712. The molecule has 0 heterocycles. The first-order chi connectivity index (χ1) is 4.84. The van der Waals surface area contributed by atoms with E-state index in [-0.39, 0.29) is 17.9 Å². The summed E-state index contributed by atoms with van der Waals surface area (Å²) in [4.78, 5) is 10.2. The predicted molar refractivity (Wildman–Crippen MR) is 44.3 cm³/mol. The first-order valence-electron chi connectivity index (χ1n) is 3.81. The van der Waals surface area contributed by atoms with E-state index in [1.807, 2.05) is 20.8 Å². The lowest BCUT2D eigenvalue weighted by molar-refractivity contribution is -0.137. The van der Waals surface area contributed by atoms with Crippen molar-refractivity contribution in [2.45, 2.75) is 39.7 Å². The topological polar surface area (TPSA) is 63.3 Å². The van der Waals surface area contributed by atoms with Crippen LogP contribution in [0.2, 0.25) is 0 Å². The van der Waals surface area contributed by atoms with Crippen LogP contribution in [0.1, 0.15) is 33.6 Å². The summed E-state index contributed by atoms with van der Waals surface area (Å²) >= 11 is 0. The summed E-state index contributed by atoms with van der Waals surface area (Å²) in [6, 6.07) is -0.0291. The second-order valence-electron chi connectivity index (χ2n) is 3.90. The van der Waals surface area contributed by atoms with Gasteiger partial charge in [0, 0.05) is 12.5 Å². The Morgan fingerprint density at radius 3 is 2.27 bits per heavy atom. The van der Waals surface area contributed by atoms with E-state index in [0.29, 0.717) is 6.42 Å². The molecule has 0 saturated heterocycles. The van der Waals surface area contributed by atoms with Crippen LogP contribution in [0, 0.1) is 5.41 Å². The molecule has 0 fully saturated rings. The SMILES string of the molecule is CC(C)(C)C(N)CCC(=O)O. The van der Waals surface area contributed by atoms with Gasteiger partial charge in [-0.05, 0) is 11.8 Å². The number of carboxylic acid groups (broad SMARTS) is 1. The van der Waals surface area contributed by atoms with Crippen molar-refractivity contribution in [3.05, 3.63) is 0 Å². The maximum Gasteiger partial charge on any atom is 0.303 e. The molecule has 3 nitrogen and oxygen atoms in total. The molecule has 0 saturated carbocycles. The van der Waals surface area contributed by atoms with E-state index < -0.39 is 5.97 Å². The highest BCUT2D eigenvalue weighted by molar-refractivity contribution is 5.66. The molecule has 0 spiro atoms. The molecule has 3 N–H and O–H groups in total. The molecule has 0 aromatic rings. The normalized spacial score (nSPS) is 14.5. The van der Waals surface area contributed by atoms with E-state index in [9.17, 15) is 4.79 Å². The minimum atomic E-state index is -0.773. The van der Waals surface area contributed by atoms with E-state index in [2.05, 4.69) is 0 Å². The number of hydrogen-bond donors (Lipinski definition) is 2. The molecule has 0 amide bonds. The van der Waals surface area contributed by atoms with Crippen LogP contribution in [0.25, 0.3) is 0 Å². The van der Waals surface area contributed by atoms with Gasteiger partial charge >= 0.3 is 5.97 Å². The first-order valence-corrected chi connectivity index (χ1v) is 3.81. The Morgan fingerprint density at radius 2 is 2.00 bits per heavy atom. The van der Waals surface area contributed by atoms with Gasteiger partial charge in [0.15, 0.2) is 0 Å². The number of hydrogen-bond acceptors (Lipinski definition) is 2. The van der Waals surface area contributed by atoms with Crippen molar-refractivity contribution < 1.29 is 9.90 Å². The van der Waals surface area contributed by atoms with Crippen LogP contribution in [-0.2, 0) is 4.79 Å². The van der Waals surface area contributed by atoms with E-state index in [0.717, 1.165) is 0 Å². The predicted octanol–water partition coefficient (Wildman–Crippen LogP) is 1.22. The van der Waals surface area contributed by atoms with Gasteiger partial charge in [0.05, 0.1) is 0 Å². The summed E-state index contributed by atoms with van der Waals surface area (Å²) < 4.78 is 0. The Labute approximate surface area is 67.6 Å². The van der Waals surface area contributed by atoms with Crippen molar-refractivity contribution >= 4 is 5.97 Å². The molecule has 1 unspecified atom stereocenters. The molecule has 0 aromatic carbocycles. The second kappa shape index (κ2) is 3.72. The molecule has 1 atom stereocenters. The minimum absolute atomic E-state index is 0.00938. The number of carboxylic acids is 1. The molecule has 0 aliphatic carbocycles. The first kappa shape index (κ1) is 10.4. The Morgan fingerprint density at radius 1 is 1.55 bits per heavy atom. The van der Waals surface area contributed by atoms with Crippen LogP contribution >= 0.6 is 0 Å². The zero-order valence-electron chi connectivity index (χ0n) is 7.42. The molecule has 0 bridgehead atoms. The Balaban J connectivity index is 3.70. The van der Waals surface area contributed by atoms with Crippen LogP contribution < -0.4 is 5.73 Å². The minimum Gasteiger partial charge on any atom is -0.481 e. The zero-order valence-corrected chi connectivity index (χ0v) is 7.42. The summed E-state index contributed by atoms with van der Waals surface area (Å²) in [5.41, 5.74) is 5.75. The average molecular weight is 159 g/mol. The van der Waals surface area contributed by atoms with Crippen molar-refractivity contribution in [1.29, 1.82) is 0 Å². The molecular weight excluding hydrogens is 142 g/mol. The fraction of sp³-hybridized carbons (Fsp3) is 0.875. The monoisotopic (exact) mass is 159 g/mol. The highest BCUT2D eigenvalue weighted by Gasteiger charge is 2.20. The summed E-state index contributed by atoms with van der Waals surface area (Å²) in [7, 11) is 0. The third-order valence-corrected chi connectivity index (χ3v) is 1.78. The summed E-state index contributed by atoms with van der Waals surface area (Å²) in [6.45, 7) is 6.04. The van der Waals surface area contributed by atoms with Gasteiger partial charge in [0.25, 0.3) is 0 Å². The molecule has 66 valence electrons. The van der Waals surface area contributed by atoms with Gasteiger partial charge in [-0.25, -0.2) is 0 Å². The van der Waals surface area contributed by atoms with Crippen LogP contribution in [0.4, 0.5) is 0 Å². The number of carbonyl (C=O) groups is 1. The summed E-state index contributed by atoms with van der Waals surface area (Å²) in [5, 5.41) is 8.37. The number of nitrogens with two attached hydrogens (primary N) is 1. The maximum atomic E-state index is 10.2. The van der Waals surface area contributed by atoms with Gasteiger partial charge in [0.2, 0.25) is 0 Å². The lowest BCUT2D eigenvalue weighted by atomic mass is 9.85. The largest absolute Gasteiger partial charge is 0.481 e. The summed E-state index contributed by atoms with van der Waals surface area (Å²) in [5.74, 6) is -0.773. The van der Waals surface area contributed by atoms with Crippen molar-refractivity contribution in [1.82, 2.24) is 0 Å². The van der Waals surface area contributed by atoms with Gasteiger partial charge < -0.3 is 10.8 Å². The second-order valence-corrected chi connectivity index (χ2v) is 3.90. The molecule has 0 aromatic heterocycles. The van der Waals surface area contributed by atoms with Crippen molar-refractivity contribution in [2.24, 2.45) is 11.1 Å². The van der Waals surface area contributed by atoms with Crippen LogP contribution in [-0.4, -0.2) is 17.1 Å². The lowest BCUT2D eigenvalue weighted by Crippen LogP contribution is -2.35. The average Bonchev–Trinajstić information content (AvgIpc) is 1.80. The van der Waals surface area contributed by atoms with Crippen molar-refractivity contribution in [2.75, 3.05) is 0 Å². The highest BCUT2D eigenvalue weighted by Crippen LogP contribution is 2.20. The van der Waals surface area contributed by atoms with Gasteiger partial charge in [-0.2, -0.15) is 0 Å². The van der Waals surface area contributed by atoms with E-state index in [4.69, 9.17) is 10.8 Å². The summed E-state index contributed by atoms with van der Waals surface area (Å²) in [6.07, 6.45) is 0.720. The van der Waals surface area contributed by atoms with Gasteiger partial charge in [-0.3, -0.25) is 4.79 Å². The van der Waals surface area contributed by atoms with Gasteiger partial charge in [-0.15, -0.1) is 0 Å². The Bertz CT molecular complexity index is 138. The van der Waals surface area contributed by atoms with E-state index >= 15 is 0 Å². The maximum absolute atomic E-state index is 10.2. The molecule has 0 aliphatic heterocycles. The van der Waals surface area contributed by atoms with Gasteiger partial charge in [0.1, 0.15) is 0 Å². The van der Waals surface area contributed by atoms with Crippen LogP contribution in [0.15, 0.2) is 0 Å². The van der Waals surface area contributed by atoms with Crippen molar-refractivity contribution in [3.8, 4) is 0 Å². The molecule has 3 heteroatoms. The van der Waals surface area contributed by atoms with Crippen molar-refractivity contribution in [3.63, 3.8) is 0 Å². The smallest absolute Gasteiger partial charge is 0.303 e. The standard InChI is InChI=1S/C8H17NO2/c1-8(2,3)6(9)4-5-7(10)11/h6H,4-5,9H2,1-3H3,(H,10,11). The fourth-order valence-corrected chi connectivity index (χ4v) is 0.712. The molecule has 0 radical (unpaired) electrons. The van der Waals surface area contributed by atoms with Gasteiger partial charge in [-0.1, -0.05) is 20.8 Å². The molecule has 11 heavy (non-hydrogen) atoms. The molecule has 0 rings (SSSR count). The highest BCUT2D eigenvalue weighted by atomic mass is 16.4. The van der Waals surface area contributed by atoms with Crippen LogP contribution in [0.5, 0.6) is 0 Å². The Kier molecular flexibility index (Phi) is 3.52. The third-order valence-electron chi connectivity index (χ3n) is 1.78. The molecule has 0 aliphatic rings. The Hall–Kier alpha value is -0.570. The van der Waals surface area contributed by atoms with E-state index in [1.165, 1.54) is 0 Å². The zero-order chi connectivity index (χ0) is 9.07. The third kappa shape index (κ3) is 4.79. The lowest BCUT2D eigenvalue weighted by Gasteiger charge is -2.26. The number of rotatable bonds is 3.